The number of primary amides is 2. The Balaban J connectivity index is 2.90. The van der Waals surface area contributed by atoms with Crippen molar-refractivity contribution >= 4 is 23.6 Å². The van der Waals surface area contributed by atoms with Crippen LogP contribution in [0, 0.1) is 0 Å². The van der Waals surface area contributed by atoms with Crippen molar-refractivity contribution in [2.45, 2.75) is 0 Å². The van der Waals surface area contributed by atoms with Crippen LogP contribution in [-0.4, -0.2) is 34.9 Å². The second-order valence-corrected chi connectivity index (χ2v) is 3.07. The van der Waals surface area contributed by atoms with Crippen LogP contribution in [0.15, 0.2) is 12.3 Å². The number of nitrogens with zero attached hydrogens (tertiary/aromatic N) is 3. The minimum absolute atomic E-state index is 0.137. The van der Waals surface area contributed by atoms with E-state index in [4.69, 9.17) is 17.2 Å². The summed E-state index contributed by atoms with van der Waals surface area (Å²) in [5.41, 5.74) is 15.5. The monoisotopic (exact) mass is 224 g/mol. The summed E-state index contributed by atoms with van der Waals surface area (Å²) in [6.45, 7) is -0.404. The zero-order valence-corrected chi connectivity index (χ0v) is 8.46. The Kier molecular flexibility index (Phi) is 3.59. The molecule has 1 aromatic heterocycles. The number of hydrogen-bond acceptors (Lipinski definition) is 6. The number of rotatable bonds is 5. The fourth-order valence-corrected chi connectivity index (χ4v) is 1.09. The second-order valence-electron chi connectivity index (χ2n) is 3.07. The van der Waals surface area contributed by atoms with Gasteiger partial charge in [-0.05, 0) is 6.07 Å². The summed E-state index contributed by atoms with van der Waals surface area (Å²) in [6, 6.07) is 1.48. The molecule has 0 aromatic carbocycles. The standard InChI is InChI=1S/C8H12N6O2/c9-5-1-2-12-8(13-5)14(3-6(10)15)4-7(11)16/h1-2H,3-4H2,(H2,10,15)(H2,11,16)(H2,9,12,13). The number of aromatic nitrogens is 2. The quantitative estimate of drug-likeness (QED) is 0.520. The molecule has 1 aromatic rings. The third-order valence-electron chi connectivity index (χ3n) is 1.64. The predicted molar refractivity (Wildman–Crippen MR) is 57.0 cm³/mol. The van der Waals surface area contributed by atoms with Gasteiger partial charge in [-0.1, -0.05) is 0 Å². The van der Waals surface area contributed by atoms with Gasteiger partial charge in [-0.25, -0.2) is 4.98 Å². The average molecular weight is 224 g/mol. The fraction of sp³-hybridized carbons (Fsp3) is 0.250. The van der Waals surface area contributed by atoms with Crippen molar-refractivity contribution in [1.29, 1.82) is 0 Å². The van der Waals surface area contributed by atoms with E-state index in [1.165, 1.54) is 17.2 Å². The van der Waals surface area contributed by atoms with E-state index in [1.807, 2.05) is 0 Å². The summed E-state index contributed by atoms with van der Waals surface area (Å²) in [7, 11) is 0. The Bertz CT molecular complexity index is 391. The summed E-state index contributed by atoms with van der Waals surface area (Å²) >= 11 is 0. The van der Waals surface area contributed by atoms with E-state index < -0.39 is 11.8 Å². The van der Waals surface area contributed by atoms with Gasteiger partial charge in [0.25, 0.3) is 0 Å². The topological polar surface area (TPSA) is 141 Å². The molecule has 0 fully saturated rings. The van der Waals surface area contributed by atoms with Crippen molar-refractivity contribution in [1.82, 2.24) is 9.97 Å². The Morgan fingerprint density at radius 3 is 2.25 bits per heavy atom. The molecule has 0 radical (unpaired) electrons. The van der Waals surface area contributed by atoms with Crippen molar-refractivity contribution < 1.29 is 9.59 Å². The van der Waals surface area contributed by atoms with E-state index in [1.54, 1.807) is 0 Å². The normalized spacial score (nSPS) is 9.75. The SMILES string of the molecule is NC(=O)CN(CC(N)=O)c1nccc(N)n1. The minimum atomic E-state index is -0.618. The van der Waals surface area contributed by atoms with Crippen LogP contribution in [0.5, 0.6) is 0 Å². The van der Waals surface area contributed by atoms with Crippen molar-refractivity contribution in [3.05, 3.63) is 12.3 Å². The molecule has 0 aliphatic rings. The molecule has 16 heavy (non-hydrogen) atoms. The first-order valence-electron chi connectivity index (χ1n) is 4.39. The molecule has 1 rings (SSSR count). The largest absolute Gasteiger partial charge is 0.384 e. The van der Waals surface area contributed by atoms with Crippen LogP contribution in [0.25, 0.3) is 0 Å². The van der Waals surface area contributed by atoms with E-state index in [-0.39, 0.29) is 24.9 Å². The van der Waals surface area contributed by atoms with Crippen molar-refractivity contribution in [3.8, 4) is 0 Å². The molecule has 1 heterocycles. The molecule has 86 valence electrons. The summed E-state index contributed by atoms with van der Waals surface area (Å²) in [5, 5.41) is 0. The summed E-state index contributed by atoms with van der Waals surface area (Å²) < 4.78 is 0. The minimum Gasteiger partial charge on any atom is -0.384 e. The van der Waals surface area contributed by atoms with Crippen LogP contribution < -0.4 is 22.1 Å². The molecule has 8 heteroatoms. The predicted octanol–water partition coefficient (Wildman–Crippen LogP) is -2.16. The molecule has 8 nitrogen and oxygen atoms in total. The molecule has 0 spiro atoms. The number of amides is 2. The van der Waals surface area contributed by atoms with E-state index in [2.05, 4.69) is 9.97 Å². The van der Waals surface area contributed by atoms with E-state index >= 15 is 0 Å². The lowest BCUT2D eigenvalue weighted by molar-refractivity contribution is -0.117. The molecular weight excluding hydrogens is 212 g/mol. The third-order valence-corrected chi connectivity index (χ3v) is 1.64. The molecule has 0 saturated carbocycles. The van der Waals surface area contributed by atoms with Crippen LogP contribution in [0.3, 0.4) is 0 Å². The highest BCUT2D eigenvalue weighted by Crippen LogP contribution is 2.07. The average Bonchev–Trinajstić information content (AvgIpc) is 2.15. The smallest absolute Gasteiger partial charge is 0.237 e. The Morgan fingerprint density at radius 1 is 1.25 bits per heavy atom. The molecule has 0 aliphatic carbocycles. The van der Waals surface area contributed by atoms with E-state index in [0.717, 1.165) is 0 Å². The van der Waals surface area contributed by atoms with E-state index in [9.17, 15) is 9.59 Å². The Hall–Kier alpha value is -2.38. The highest BCUT2D eigenvalue weighted by atomic mass is 16.2. The summed E-state index contributed by atoms with van der Waals surface area (Å²) in [5.74, 6) is -0.874. The number of hydrogen-bond donors (Lipinski definition) is 3. The zero-order chi connectivity index (χ0) is 12.1. The highest BCUT2D eigenvalue weighted by Gasteiger charge is 2.14. The van der Waals surface area contributed by atoms with Crippen LogP contribution >= 0.6 is 0 Å². The molecule has 0 aliphatic heterocycles. The molecule has 2 amide bonds. The highest BCUT2D eigenvalue weighted by molar-refractivity contribution is 5.83. The maximum Gasteiger partial charge on any atom is 0.237 e. The molecule has 0 saturated heterocycles. The Morgan fingerprint density at radius 2 is 1.81 bits per heavy atom. The van der Waals surface area contributed by atoms with Gasteiger partial charge in [-0.15, -0.1) is 0 Å². The van der Waals surface area contributed by atoms with Crippen LogP contribution in [0.4, 0.5) is 11.8 Å². The number of carbonyl (C=O) groups is 2. The maximum absolute atomic E-state index is 10.8. The first kappa shape index (κ1) is 11.7. The zero-order valence-electron chi connectivity index (χ0n) is 8.46. The van der Waals surface area contributed by atoms with Gasteiger partial charge >= 0.3 is 0 Å². The first-order chi connectivity index (χ1) is 7.49. The molecule has 0 unspecified atom stereocenters. The van der Waals surface area contributed by atoms with Gasteiger partial charge in [0.2, 0.25) is 17.8 Å². The van der Waals surface area contributed by atoms with Gasteiger partial charge in [-0.3, -0.25) is 9.59 Å². The van der Waals surface area contributed by atoms with Gasteiger partial charge in [0.15, 0.2) is 0 Å². The number of anilines is 2. The summed E-state index contributed by atoms with van der Waals surface area (Å²) in [4.78, 5) is 30.6. The van der Waals surface area contributed by atoms with Gasteiger partial charge < -0.3 is 22.1 Å². The van der Waals surface area contributed by atoms with Gasteiger partial charge in [0.05, 0.1) is 0 Å². The molecule has 0 atom stereocenters. The number of nitrogens with two attached hydrogens (primary N) is 3. The molecule has 0 bridgehead atoms. The van der Waals surface area contributed by atoms with Gasteiger partial charge in [-0.2, -0.15) is 4.98 Å². The van der Waals surface area contributed by atoms with Crippen LogP contribution in [0.1, 0.15) is 0 Å². The first-order valence-corrected chi connectivity index (χ1v) is 4.39. The lowest BCUT2D eigenvalue weighted by atomic mass is 10.4. The Labute approximate surface area is 91.4 Å². The van der Waals surface area contributed by atoms with Gasteiger partial charge in [0.1, 0.15) is 18.9 Å². The lowest BCUT2D eigenvalue weighted by Gasteiger charge is -2.18. The lowest BCUT2D eigenvalue weighted by Crippen LogP contribution is -2.40. The molecular formula is C8H12N6O2. The van der Waals surface area contributed by atoms with Crippen LogP contribution in [-0.2, 0) is 9.59 Å². The third kappa shape index (κ3) is 3.40. The second kappa shape index (κ2) is 4.91. The van der Waals surface area contributed by atoms with Crippen molar-refractivity contribution in [3.63, 3.8) is 0 Å². The van der Waals surface area contributed by atoms with Crippen LogP contribution in [0.2, 0.25) is 0 Å². The molecule has 6 N–H and O–H groups in total. The van der Waals surface area contributed by atoms with Gasteiger partial charge in [0, 0.05) is 6.20 Å². The number of carbonyl (C=O) groups excluding carboxylic acids is 2. The van der Waals surface area contributed by atoms with E-state index in [0.29, 0.717) is 0 Å². The van der Waals surface area contributed by atoms with Crippen molar-refractivity contribution in [2.75, 3.05) is 23.7 Å². The maximum atomic E-state index is 10.8. The summed E-state index contributed by atoms with van der Waals surface area (Å²) in [6.07, 6.45) is 1.41. The number of nitrogen functional groups attached to an aromatic ring is 1. The fourth-order valence-electron chi connectivity index (χ4n) is 1.09. The van der Waals surface area contributed by atoms with Crippen molar-refractivity contribution in [2.24, 2.45) is 11.5 Å².